The van der Waals surface area contributed by atoms with Crippen molar-refractivity contribution in [3.8, 4) is 11.5 Å². The second-order valence-corrected chi connectivity index (χ2v) is 7.93. The monoisotopic (exact) mass is 396 g/mol. The molecule has 0 heterocycles. The molecule has 0 aliphatic carbocycles. The van der Waals surface area contributed by atoms with Crippen LogP contribution in [0.25, 0.3) is 0 Å². The summed E-state index contributed by atoms with van der Waals surface area (Å²) in [6.07, 6.45) is 0. The lowest BCUT2D eigenvalue weighted by atomic mass is 10.2. The molecule has 0 aromatic heterocycles. The Bertz CT molecular complexity index is 1060. The number of carbonyl (C=O) groups is 1. The summed E-state index contributed by atoms with van der Waals surface area (Å²) in [6.45, 7) is 3.39. The molecule has 3 rings (SSSR count). The molecule has 0 atom stereocenters. The minimum atomic E-state index is -3.74. The van der Waals surface area contributed by atoms with E-state index in [9.17, 15) is 13.2 Å². The Morgan fingerprint density at radius 3 is 1.82 bits per heavy atom. The van der Waals surface area contributed by atoms with E-state index in [-0.39, 0.29) is 10.8 Å². The molecule has 0 aliphatic rings. The van der Waals surface area contributed by atoms with Crippen molar-refractivity contribution in [2.45, 2.75) is 18.7 Å². The summed E-state index contributed by atoms with van der Waals surface area (Å²) < 4.78 is 33.3. The number of benzene rings is 3. The molecule has 144 valence electrons. The molecule has 0 radical (unpaired) electrons. The molecule has 2 N–H and O–H groups in total. The second kappa shape index (κ2) is 8.14. The van der Waals surface area contributed by atoms with Gasteiger partial charge in [0.2, 0.25) is 5.91 Å². The van der Waals surface area contributed by atoms with Gasteiger partial charge in [0, 0.05) is 18.3 Å². The summed E-state index contributed by atoms with van der Waals surface area (Å²) in [5.41, 5.74) is 2.09. The number of carbonyl (C=O) groups excluding carboxylic acids is 1. The average molecular weight is 396 g/mol. The zero-order valence-electron chi connectivity index (χ0n) is 15.5. The summed E-state index contributed by atoms with van der Waals surface area (Å²) in [7, 11) is -3.74. The van der Waals surface area contributed by atoms with Crippen LogP contribution in [0.2, 0.25) is 0 Å². The third-order valence-corrected chi connectivity index (χ3v) is 5.25. The van der Waals surface area contributed by atoms with Gasteiger partial charge in [0.05, 0.1) is 4.90 Å². The third-order valence-electron chi connectivity index (χ3n) is 3.85. The average Bonchev–Trinajstić information content (AvgIpc) is 2.65. The van der Waals surface area contributed by atoms with Gasteiger partial charge in [0.15, 0.2) is 0 Å². The fraction of sp³-hybridized carbons (Fsp3) is 0.0952. The molecular weight excluding hydrogens is 376 g/mol. The van der Waals surface area contributed by atoms with Gasteiger partial charge in [-0.3, -0.25) is 9.52 Å². The van der Waals surface area contributed by atoms with Crippen LogP contribution in [-0.4, -0.2) is 14.3 Å². The van der Waals surface area contributed by atoms with Gasteiger partial charge in [-0.1, -0.05) is 17.7 Å². The molecule has 0 unspecified atom stereocenters. The Hall–Kier alpha value is -3.32. The van der Waals surface area contributed by atoms with E-state index in [0.717, 1.165) is 5.56 Å². The van der Waals surface area contributed by atoms with Crippen LogP contribution in [-0.2, 0) is 14.8 Å². The Morgan fingerprint density at radius 2 is 1.29 bits per heavy atom. The Kier molecular flexibility index (Phi) is 5.65. The molecule has 0 spiro atoms. The number of sulfonamides is 1. The van der Waals surface area contributed by atoms with Crippen LogP contribution in [0.15, 0.2) is 77.7 Å². The Morgan fingerprint density at radius 1 is 0.786 bits per heavy atom. The number of amides is 1. The molecule has 28 heavy (non-hydrogen) atoms. The molecule has 0 bridgehead atoms. The molecule has 0 fully saturated rings. The number of anilines is 2. The molecule has 0 saturated heterocycles. The zero-order valence-corrected chi connectivity index (χ0v) is 16.3. The van der Waals surface area contributed by atoms with E-state index < -0.39 is 10.0 Å². The summed E-state index contributed by atoms with van der Waals surface area (Å²) in [6, 6.07) is 20.2. The Balaban J connectivity index is 1.68. The number of aryl methyl sites for hydroxylation is 1. The summed E-state index contributed by atoms with van der Waals surface area (Å²) in [5.74, 6) is 1.09. The standard InChI is InChI=1S/C21H20N2O4S/c1-15-3-9-19(10-4-15)27-20-11-5-18(6-12-20)23-28(25,26)21-13-7-17(8-14-21)22-16(2)24/h3-14,23H,1-2H3,(H,22,24). The van der Waals surface area contributed by atoms with E-state index in [2.05, 4.69) is 10.0 Å². The maximum absolute atomic E-state index is 12.5. The quantitative estimate of drug-likeness (QED) is 0.640. The molecule has 3 aromatic rings. The van der Waals surface area contributed by atoms with Gasteiger partial charge < -0.3 is 10.1 Å². The topological polar surface area (TPSA) is 84.5 Å². The highest BCUT2D eigenvalue weighted by Gasteiger charge is 2.14. The van der Waals surface area contributed by atoms with Crippen molar-refractivity contribution in [2.24, 2.45) is 0 Å². The SMILES string of the molecule is CC(=O)Nc1ccc(S(=O)(=O)Nc2ccc(Oc3ccc(C)cc3)cc2)cc1. The van der Waals surface area contributed by atoms with E-state index in [0.29, 0.717) is 22.9 Å². The highest BCUT2D eigenvalue weighted by Crippen LogP contribution is 2.24. The number of hydrogen-bond acceptors (Lipinski definition) is 4. The van der Waals surface area contributed by atoms with Crippen LogP contribution in [0, 0.1) is 6.92 Å². The molecule has 3 aromatic carbocycles. The molecule has 1 amide bonds. The fourth-order valence-electron chi connectivity index (χ4n) is 2.47. The van der Waals surface area contributed by atoms with Crippen molar-refractivity contribution >= 4 is 27.3 Å². The fourth-order valence-corrected chi connectivity index (χ4v) is 3.53. The van der Waals surface area contributed by atoms with E-state index >= 15 is 0 Å². The van der Waals surface area contributed by atoms with Crippen molar-refractivity contribution in [1.82, 2.24) is 0 Å². The van der Waals surface area contributed by atoms with Crippen molar-refractivity contribution in [3.05, 3.63) is 78.4 Å². The Labute approximate surface area is 164 Å². The minimum Gasteiger partial charge on any atom is -0.457 e. The van der Waals surface area contributed by atoms with Crippen molar-refractivity contribution < 1.29 is 17.9 Å². The maximum atomic E-state index is 12.5. The predicted molar refractivity (Wildman–Crippen MR) is 109 cm³/mol. The first-order chi connectivity index (χ1) is 13.3. The van der Waals surface area contributed by atoms with Crippen LogP contribution >= 0.6 is 0 Å². The molecular formula is C21H20N2O4S. The van der Waals surface area contributed by atoms with Crippen LogP contribution in [0.3, 0.4) is 0 Å². The van der Waals surface area contributed by atoms with Crippen molar-refractivity contribution in [3.63, 3.8) is 0 Å². The molecule has 7 heteroatoms. The van der Waals surface area contributed by atoms with Gasteiger partial charge in [-0.05, 0) is 67.6 Å². The number of nitrogens with one attached hydrogen (secondary N) is 2. The largest absolute Gasteiger partial charge is 0.457 e. The number of rotatable bonds is 6. The highest BCUT2D eigenvalue weighted by atomic mass is 32.2. The van der Waals surface area contributed by atoms with Gasteiger partial charge in [0.25, 0.3) is 10.0 Å². The predicted octanol–water partition coefficient (Wildman–Crippen LogP) is 4.55. The van der Waals surface area contributed by atoms with Crippen LogP contribution in [0.4, 0.5) is 11.4 Å². The number of ether oxygens (including phenoxy) is 1. The summed E-state index contributed by atoms with van der Waals surface area (Å²) >= 11 is 0. The lowest BCUT2D eigenvalue weighted by Gasteiger charge is -2.10. The normalized spacial score (nSPS) is 10.9. The second-order valence-electron chi connectivity index (χ2n) is 6.25. The van der Waals surface area contributed by atoms with Crippen molar-refractivity contribution in [2.75, 3.05) is 10.0 Å². The van der Waals surface area contributed by atoms with Gasteiger partial charge >= 0.3 is 0 Å². The first-order valence-corrected chi connectivity index (χ1v) is 10.1. The van der Waals surface area contributed by atoms with Gasteiger partial charge in [-0.15, -0.1) is 0 Å². The van der Waals surface area contributed by atoms with E-state index in [4.69, 9.17) is 4.74 Å². The van der Waals surface area contributed by atoms with E-state index in [1.807, 2.05) is 31.2 Å². The summed E-state index contributed by atoms with van der Waals surface area (Å²) in [4.78, 5) is 11.1. The molecule has 0 aliphatic heterocycles. The lowest BCUT2D eigenvalue weighted by Crippen LogP contribution is -2.13. The van der Waals surface area contributed by atoms with Gasteiger partial charge in [0.1, 0.15) is 11.5 Å². The van der Waals surface area contributed by atoms with Crippen LogP contribution < -0.4 is 14.8 Å². The smallest absolute Gasteiger partial charge is 0.261 e. The summed E-state index contributed by atoms with van der Waals surface area (Å²) in [5, 5.41) is 2.59. The van der Waals surface area contributed by atoms with Crippen LogP contribution in [0.5, 0.6) is 11.5 Å². The zero-order chi connectivity index (χ0) is 20.1. The maximum Gasteiger partial charge on any atom is 0.261 e. The number of hydrogen-bond donors (Lipinski definition) is 2. The van der Waals surface area contributed by atoms with E-state index in [1.165, 1.54) is 31.2 Å². The molecule has 6 nitrogen and oxygen atoms in total. The third kappa shape index (κ3) is 5.11. The highest BCUT2D eigenvalue weighted by molar-refractivity contribution is 7.92. The van der Waals surface area contributed by atoms with Crippen LogP contribution in [0.1, 0.15) is 12.5 Å². The van der Waals surface area contributed by atoms with Gasteiger partial charge in [-0.25, -0.2) is 8.42 Å². The minimum absolute atomic E-state index is 0.0987. The lowest BCUT2D eigenvalue weighted by molar-refractivity contribution is -0.114. The van der Waals surface area contributed by atoms with Crippen molar-refractivity contribution in [1.29, 1.82) is 0 Å². The van der Waals surface area contributed by atoms with Gasteiger partial charge in [-0.2, -0.15) is 0 Å². The first kappa shape index (κ1) is 19.4. The van der Waals surface area contributed by atoms with E-state index in [1.54, 1.807) is 24.3 Å². The molecule has 0 saturated carbocycles. The first-order valence-electron chi connectivity index (χ1n) is 8.57.